The molecule has 0 bridgehead atoms. The number of benzene rings is 2. The number of carbonyl (C=O) groups excluding carboxylic acids is 1. The number of urea groups is 1. The second-order valence-electron chi connectivity index (χ2n) is 5.44. The fourth-order valence-corrected chi connectivity index (χ4v) is 3.09. The van der Waals surface area contributed by atoms with Crippen LogP contribution < -0.4 is 15.8 Å². The van der Waals surface area contributed by atoms with Gasteiger partial charge in [-0.25, -0.2) is 18.2 Å². The zero-order valence-electron chi connectivity index (χ0n) is 13.5. The highest BCUT2D eigenvalue weighted by Crippen LogP contribution is 2.32. The van der Waals surface area contributed by atoms with Gasteiger partial charge in [-0.3, -0.25) is 0 Å². The molecule has 9 heteroatoms. The third-order valence-corrected chi connectivity index (χ3v) is 4.72. The van der Waals surface area contributed by atoms with Gasteiger partial charge in [-0.05, 0) is 36.4 Å². The Hall–Kier alpha value is -3.07. The molecule has 0 saturated heterocycles. The van der Waals surface area contributed by atoms with Crippen LogP contribution in [0.5, 0.6) is 5.75 Å². The van der Waals surface area contributed by atoms with Crippen molar-refractivity contribution in [3.8, 4) is 17.1 Å². The highest BCUT2D eigenvalue weighted by Gasteiger charge is 2.15. The molecule has 0 radical (unpaired) electrons. The van der Waals surface area contributed by atoms with E-state index in [4.69, 9.17) is 10.5 Å². The van der Waals surface area contributed by atoms with Gasteiger partial charge in [-0.15, -0.1) is 0 Å². The Labute approximate surface area is 143 Å². The largest absolute Gasteiger partial charge is 0.496 e. The molecular weight excluding hydrogens is 344 g/mol. The van der Waals surface area contributed by atoms with Gasteiger partial charge < -0.3 is 20.8 Å². The number of H-pyrrole nitrogens is 1. The van der Waals surface area contributed by atoms with Crippen LogP contribution in [0.1, 0.15) is 0 Å². The summed E-state index contributed by atoms with van der Waals surface area (Å²) in [5.41, 5.74) is 7.64. The summed E-state index contributed by atoms with van der Waals surface area (Å²) in [5.74, 6) is 0.903. The molecule has 0 aliphatic heterocycles. The quantitative estimate of drug-likeness (QED) is 0.657. The summed E-state index contributed by atoms with van der Waals surface area (Å²) >= 11 is 0. The number of nitrogens with one attached hydrogen (secondary N) is 2. The second-order valence-corrected chi connectivity index (χ2v) is 7.46. The number of anilines is 1. The normalized spacial score (nSPS) is 11.4. The number of ether oxygens (including phenoxy) is 1. The number of carbonyl (C=O) groups is 1. The average Bonchev–Trinajstić information content (AvgIpc) is 2.95. The molecule has 2 amide bonds. The van der Waals surface area contributed by atoms with E-state index in [0.717, 1.165) is 6.26 Å². The van der Waals surface area contributed by atoms with Gasteiger partial charge >= 0.3 is 6.03 Å². The molecule has 0 atom stereocenters. The van der Waals surface area contributed by atoms with Crippen molar-refractivity contribution in [1.29, 1.82) is 0 Å². The molecule has 1 aromatic heterocycles. The van der Waals surface area contributed by atoms with Crippen LogP contribution in [0.4, 0.5) is 10.5 Å². The summed E-state index contributed by atoms with van der Waals surface area (Å²) < 4.78 is 28.7. The number of fused-ring (bicyclic) bond motifs is 1. The number of aromatic amines is 1. The molecule has 0 unspecified atom stereocenters. The standard InChI is InChI=1S/C16H16N4O4S/c1-24-14-8-10(25(2,22)23)4-5-11(14)15-19-12-6-3-9(18-16(17)21)7-13(12)20-15/h3-8H,1-2H3,(H,19,20)(H3,17,18,21). The second kappa shape index (κ2) is 6.10. The summed E-state index contributed by atoms with van der Waals surface area (Å²) in [4.78, 5) is 18.7. The molecule has 0 spiro atoms. The van der Waals surface area contributed by atoms with E-state index in [1.807, 2.05) is 0 Å². The SMILES string of the molecule is COc1cc(S(C)(=O)=O)ccc1-c1nc2ccc(NC(N)=O)cc2[nH]1. The van der Waals surface area contributed by atoms with Gasteiger partial charge in [0.15, 0.2) is 9.84 Å². The van der Waals surface area contributed by atoms with Gasteiger partial charge in [0.2, 0.25) is 0 Å². The van der Waals surface area contributed by atoms with Gasteiger partial charge in [-0.1, -0.05) is 0 Å². The first-order chi connectivity index (χ1) is 11.8. The van der Waals surface area contributed by atoms with E-state index >= 15 is 0 Å². The van der Waals surface area contributed by atoms with Crippen LogP contribution in [0.25, 0.3) is 22.4 Å². The van der Waals surface area contributed by atoms with E-state index in [9.17, 15) is 13.2 Å². The monoisotopic (exact) mass is 360 g/mol. The van der Waals surface area contributed by atoms with Gasteiger partial charge in [0.25, 0.3) is 0 Å². The van der Waals surface area contributed by atoms with Crippen LogP contribution >= 0.6 is 0 Å². The van der Waals surface area contributed by atoms with Crippen LogP contribution in [0.3, 0.4) is 0 Å². The molecule has 1 heterocycles. The molecule has 130 valence electrons. The van der Waals surface area contributed by atoms with Crippen molar-refractivity contribution in [2.75, 3.05) is 18.7 Å². The molecule has 0 fully saturated rings. The lowest BCUT2D eigenvalue weighted by Gasteiger charge is -2.08. The van der Waals surface area contributed by atoms with E-state index in [2.05, 4.69) is 15.3 Å². The molecule has 3 aromatic rings. The van der Waals surface area contributed by atoms with Crippen molar-refractivity contribution >= 4 is 32.6 Å². The number of nitrogens with zero attached hydrogens (tertiary/aromatic N) is 1. The molecule has 4 N–H and O–H groups in total. The van der Waals surface area contributed by atoms with E-state index < -0.39 is 15.9 Å². The predicted octanol–water partition coefficient (Wildman–Crippen LogP) is 2.13. The predicted molar refractivity (Wildman–Crippen MR) is 94.4 cm³/mol. The molecule has 25 heavy (non-hydrogen) atoms. The Bertz CT molecular complexity index is 1070. The molecule has 3 rings (SSSR count). The molecule has 2 aromatic carbocycles. The van der Waals surface area contributed by atoms with Crippen molar-refractivity contribution in [3.05, 3.63) is 36.4 Å². The first-order valence-electron chi connectivity index (χ1n) is 7.22. The third-order valence-electron chi connectivity index (χ3n) is 3.61. The fraction of sp³-hybridized carbons (Fsp3) is 0.125. The number of imidazole rings is 1. The van der Waals surface area contributed by atoms with Crippen LogP contribution in [0, 0.1) is 0 Å². The molecule has 0 aliphatic carbocycles. The highest BCUT2D eigenvalue weighted by molar-refractivity contribution is 7.90. The maximum absolute atomic E-state index is 11.7. The summed E-state index contributed by atoms with van der Waals surface area (Å²) in [5, 5.41) is 2.49. The summed E-state index contributed by atoms with van der Waals surface area (Å²) in [6, 6.07) is 9.05. The number of aromatic nitrogens is 2. The number of hydrogen-bond acceptors (Lipinski definition) is 5. The minimum atomic E-state index is -3.34. The lowest BCUT2D eigenvalue weighted by atomic mass is 10.2. The van der Waals surface area contributed by atoms with E-state index in [1.165, 1.54) is 19.2 Å². The number of sulfone groups is 1. The maximum atomic E-state index is 11.7. The lowest BCUT2D eigenvalue weighted by Crippen LogP contribution is -2.19. The number of nitrogens with two attached hydrogens (primary N) is 1. The van der Waals surface area contributed by atoms with Crippen molar-refractivity contribution in [2.45, 2.75) is 4.90 Å². The van der Waals surface area contributed by atoms with Gasteiger partial charge in [0.1, 0.15) is 11.6 Å². The van der Waals surface area contributed by atoms with Gasteiger partial charge in [0.05, 0.1) is 28.6 Å². The minimum Gasteiger partial charge on any atom is -0.496 e. The van der Waals surface area contributed by atoms with Crippen LogP contribution in [-0.2, 0) is 9.84 Å². The van der Waals surface area contributed by atoms with Gasteiger partial charge in [-0.2, -0.15) is 0 Å². The number of amides is 2. The average molecular weight is 360 g/mol. The van der Waals surface area contributed by atoms with Crippen molar-refractivity contribution in [1.82, 2.24) is 9.97 Å². The first-order valence-corrected chi connectivity index (χ1v) is 9.12. The van der Waals surface area contributed by atoms with Crippen LogP contribution in [0.2, 0.25) is 0 Å². The highest BCUT2D eigenvalue weighted by atomic mass is 32.2. The van der Waals surface area contributed by atoms with Crippen molar-refractivity contribution in [2.24, 2.45) is 5.73 Å². The van der Waals surface area contributed by atoms with Crippen molar-refractivity contribution < 1.29 is 17.9 Å². The fourth-order valence-electron chi connectivity index (χ4n) is 2.46. The Morgan fingerprint density at radius 1 is 1.24 bits per heavy atom. The molecular formula is C16H16N4O4S. The number of methoxy groups -OCH3 is 1. The Balaban J connectivity index is 2.08. The summed E-state index contributed by atoms with van der Waals surface area (Å²) in [6.07, 6.45) is 1.13. The number of hydrogen-bond donors (Lipinski definition) is 3. The molecule has 8 nitrogen and oxygen atoms in total. The van der Waals surface area contributed by atoms with Crippen LogP contribution in [0.15, 0.2) is 41.3 Å². The zero-order chi connectivity index (χ0) is 18.2. The summed E-state index contributed by atoms with van der Waals surface area (Å²) in [7, 11) is -1.88. The zero-order valence-corrected chi connectivity index (χ0v) is 14.3. The van der Waals surface area contributed by atoms with Crippen LogP contribution in [-0.4, -0.2) is 37.8 Å². The first kappa shape index (κ1) is 16.8. The third kappa shape index (κ3) is 3.41. The molecule has 0 aliphatic rings. The van der Waals surface area contributed by atoms with Crippen molar-refractivity contribution in [3.63, 3.8) is 0 Å². The summed E-state index contributed by atoms with van der Waals surface area (Å²) in [6.45, 7) is 0. The Kier molecular flexibility index (Phi) is 4.09. The minimum absolute atomic E-state index is 0.164. The number of primary amides is 1. The lowest BCUT2D eigenvalue weighted by molar-refractivity contribution is 0.259. The maximum Gasteiger partial charge on any atom is 0.316 e. The van der Waals surface area contributed by atoms with Gasteiger partial charge in [0, 0.05) is 11.9 Å². The smallest absolute Gasteiger partial charge is 0.316 e. The molecule has 0 saturated carbocycles. The Morgan fingerprint density at radius 2 is 2.00 bits per heavy atom. The van der Waals surface area contributed by atoms with E-state index in [0.29, 0.717) is 33.9 Å². The van der Waals surface area contributed by atoms with E-state index in [-0.39, 0.29) is 4.90 Å². The topological polar surface area (TPSA) is 127 Å². The number of rotatable bonds is 4. The Morgan fingerprint density at radius 3 is 2.64 bits per heavy atom. The van der Waals surface area contributed by atoms with E-state index in [1.54, 1.807) is 24.3 Å².